The summed E-state index contributed by atoms with van der Waals surface area (Å²) in [5, 5.41) is 0.266. The summed E-state index contributed by atoms with van der Waals surface area (Å²) in [5.41, 5.74) is 1.80. The Kier molecular flexibility index (Phi) is 3.21. The van der Waals surface area contributed by atoms with E-state index in [0.29, 0.717) is 33.1 Å². The standard InChI is InChI=1S/C15H11ClN2O4S/c16-10-5-9(6-13-14(10)22-8-21-13)7-23(19,20)15-17-11-3-1-2-4-12(11)18-15/h1-6H,7-8H2,(H,17,18). The molecule has 0 saturated heterocycles. The van der Waals surface area contributed by atoms with Crippen LogP contribution in [-0.4, -0.2) is 25.2 Å². The molecule has 8 heteroatoms. The van der Waals surface area contributed by atoms with Gasteiger partial charge in [0.25, 0.3) is 0 Å². The van der Waals surface area contributed by atoms with E-state index in [1.165, 1.54) is 0 Å². The first-order chi connectivity index (χ1) is 11.0. The van der Waals surface area contributed by atoms with Crippen LogP contribution in [0.15, 0.2) is 41.6 Å². The quantitative estimate of drug-likeness (QED) is 0.785. The Labute approximate surface area is 136 Å². The Morgan fingerprint density at radius 1 is 1.22 bits per heavy atom. The van der Waals surface area contributed by atoms with Crippen molar-refractivity contribution in [2.45, 2.75) is 10.9 Å². The molecule has 4 rings (SSSR count). The van der Waals surface area contributed by atoms with Gasteiger partial charge >= 0.3 is 0 Å². The van der Waals surface area contributed by atoms with E-state index in [-0.39, 0.29) is 17.7 Å². The Bertz CT molecular complexity index is 980. The number of hydrogen-bond donors (Lipinski definition) is 1. The molecule has 0 spiro atoms. The minimum Gasteiger partial charge on any atom is -0.454 e. The predicted molar refractivity (Wildman–Crippen MR) is 84.6 cm³/mol. The molecule has 0 bridgehead atoms. The second-order valence-corrected chi connectivity index (χ2v) is 7.44. The molecule has 6 nitrogen and oxygen atoms in total. The molecule has 0 fully saturated rings. The zero-order valence-corrected chi connectivity index (χ0v) is 13.3. The SMILES string of the molecule is O=S(=O)(Cc1cc(Cl)c2c(c1)OCO2)c1nc2ccccc2[nH]1. The van der Waals surface area contributed by atoms with Gasteiger partial charge in [-0.3, -0.25) is 0 Å². The molecule has 2 aromatic carbocycles. The van der Waals surface area contributed by atoms with Crippen LogP contribution in [0, 0.1) is 0 Å². The third kappa shape index (κ3) is 2.51. The summed E-state index contributed by atoms with van der Waals surface area (Å²) in [6.07, 6.45) is 0. The number of sulfone groups is 1. The predicted octanol–water partition coefficient (Wildman–Crippen LogP) is 2.92. The van der Waals surface area contributed by atoms with Crippen molar-refractivity contribution in [3.8, 4) is 11.5 Å². The molecular formula is C15H11ClN2O4S. The third-order valence-corrected chi connectivity index (χ3v) is 5.28. The van der Waals surface area contributed by atoms with Crippen molar-refractivity contribution in [1.82, 2.24) is 9.97 Å². The van der Waals surface area contributed by atoms with Crippen molar-refractivity contribution in [3.05, 3.63) is 47.0 Å². The number of halogens is 1. The molecule has 3 aromatic rings. The molecular weight excluding hydrogens is 340 g/mol. The molecule has 0 unspecified atom stereocenters. The number of rotatable bonds is 3. The van der Waals surface area contributed by atoms with Gasteiger partial charge < -0.3 is 14.5 Å². The number of aromatic amines is 1. The maximum absolute atomic E-state index is 12.6. The number of nitrogens with one attached hydrogen (secondary N) is 1. The topological polar surface area (TPSA) is 81.3 Å². The van der Waals surface area contributed by atoms with Crippen LogP contribution >= 0.6 is 11.6 Å². The molecule has 0 amide bonds. The fraction of sp³-hybridized carbons (Fsp3) is 0.133. The summed E-state index contributed by atoms with van der Waals surface area (Å²) in [4.78, 5) is 6.98. The second kappa shape index (κ2) is 5.14. The van der Waals surface area contributed by atoms with Crippen LogP contribution in [0.25, 0.3) is 11.0 Å². The number of hydrogen-bond acceptors (Lipinski definition) is 5. The monoisotopic (exact) mass is 350 g/mol. The summed E-state index contributed by atoms with van der Waals surface area (Å²) in [6, 6.07) is 10.3. The van der Waals surface area contributed by atoms with Crippen molar-refractivity contribution < 1.29 is 17.9 Å². The molecule has 0 radical (unpaired) electrons. The van der Waals surface area contributed by atoms with Gasteiger partial charge in [0.05, 0.1) is 21.8 Å². The van der Waals surface area contributed by atoms with E-state index < -0.39 is 9.84 Å². The lowest BCUT2D eigenvalue weighted by molar-refractivity contribution is 0.174. The number of benzene rings is 2. The van der Waals surface area contributed by atoms with Crippen LogP contribution in [0.4, 0.5) is 0 Å². The van der Waals surface area contributed by atoms with Crippen LogP contribution in [0.2, 0.25) is 5.02 Å². The van der Waals surface area contributed by atoms with Crippen LogP contribution in [0.5, 0.6) is 11.5 Å². The van der Waals surface area contributed by atoms with Gasteiger partial charge in [0, 0.05) is 0 Å². The Balaban J connectivity index is 1.71. The van der Waals surface area contributed by atoms with E-state index in [0.717, 1.165) is 0 Å². The van der Waals surface area contributed by atoms with Gasteiger partial charge in [-0.1, -0.05) is 23.7 Å². The zero-order valence-electron chi connectivity index (χ0n) is 11.7. The maximum Gasteiger partial charge on any atom is 0.231 e. The molecule has 1 aliphatic rings. The maximum atomic E-state index is 12.6. The summed E-state index contributed by atoms with van der Waals surface area (Å²) in [7, 11) is -3.63. The van der Waals surface area contributed by atoms with Gasteiger partial charge in [-0.15, -0.1) is 0 Å². The first-order valence-electron chi connectivity index (χ1n) is 6.78. The second-order valence-electron chi connectivity index (χ2n) is 5.13. The molecule has 0 aliphatic carbocycles. The van der Waals surface area contributed by atoms with E-state index in [1.54, 1.807) is 30.3 Å². The van der Waals surface area contributed by atoms with Crippen molar-refractivity contribution in [1.29, 1.82) is 0 Å². The normalized spacial score (nSPS) is 13.6. The van der Waals surface area contributed by atoms with E-state index in [4.69, 9.17) is 21.1 Å². The van der Waals surface area contributed by atoms with Gasteiger partial charge in [-0.25, -0.2) is 13.4 Å². The molecule has 118 valence electrons. The van der Waals surface area contributed by atoms with Crippen LogP contribution in [0.1, 0.15) is 5.56 Å². The van der Waals surface area contributed by atoms with Gasteiger partial charge in [0.1, 0.15) is 0 Å². The molecule has 1 aliphatic heterocycles. The Morgan fingerprint density at radius 2 is 2.04 bits per heavy atom. The van der Waals surface area contributed by atoms with E-state index >= 15 is 0 Å². The highest BCUT2D eigenvalue weighted by Crippen LogP contribution is 2.40. The van der Waals surface area contributed by atoms with E-state index in [2.05, 4.69) is 9.97 Å². The minimum absolute atomic E-state index is 0.0625. The first kappa shape index (κ1) is 14.3. The van der Waals surface area contributed by atoms with Gasteiger partial charge in [-0.05, 0) is 29.8 Å². The molecule has 0 atom stereocenters. The number of nitrogens with zero attached hydrogens (tertiary/aromatic N) is 1. The minimum atomic E-state index is -3.63. The largest absolute Gasteiger partial charge is 0.454 e. The van der Waals surface area contributed by atoms with Gasteiger partial charge in [0.15, 0.2) is 11.5 Å². The lowest BCUT2D eigenvalue weighted by atomic mass is 10.2. The Hall–Kier alpha value is -2.25. The summed E-state index contributed by atoms with van der Waals surface area (Å²) in [5.74, 6) is 0.660. The number of imidazole rings is 1. The van der Waals surface area contributed by atoms with Gasteiger partial charge in [0.2, 0.25) is 21.8 Å². The lowest BCUT2D eigenvalue weighted by Gasteiger charge is -2.05. The molecule has 23 heavy (non-hydrogen) atoms. The highest BCUT2D eigenvalue weighted by atomic mass is 35.5. The summed E-state index contributed by atoms with van der Waals surface area (Å²) in [6.45, 7) is 0.0782. The van der Waals surface area contributed by atoms with E-state index in [1.807, 2.05) is 6.07 Å². The van der Waals surface area contributed by atoms with Crippen molar-refractivity contribution in [2.24, 2.45) is 0 Å². The van der Waals surface area contributed by atoms with E-state index in [9.17, 15) is 8.42 Å². The van der Waals surface area contributed by atoms with Crippen LogP contribution in [-0.2, 0) is 15.6 Å². The number of aromatic nitrogens is 2. The molecule has 1 aromatic heterocycles. The average Bonchev–Trinajstić information content (AvgIpc) is 3.13. The number of fused-ring (bicyclic) bond motifs is 2. The zero-order chi connectivity index (χ0) is 16.0. The smallest absolute Gasteiger partial charge is 0.231 e. The highest BCUT2D eigenvalue weighted by Gasteiger charge is 2.23. The van der Waals surface area contributed by atoms with Crippen LogP contribution < -0.4 is 9.47 Å². The molecule has 0 saturated carbocycles. The highest BCUT2D eigenvalue weighted by molar-refractivity contribution is 7.90. The average molecular weight is 351 g/mol. The lowest BCUT2D eigenvalue weighted by Crippen LogP contribution is -2.07. The summed E-state index contributed by atoms with van der Waals surface area (Å²) < 4.78 is 35.6. The third-order valence-electron chi connectivity index (χ3n) is 3.51. The van der Waals surface area contributed by atoms with Crippen molar-refractivity contribution in [3.63, 3.8) is 0 Å². The number of H-pyrrole nitrogens is 1. The first-order valence-corrected chi connectivity index (χ1v) is 8.81. The number of ether oxygens (including phenoxy) is 2. The summed E-state index contributed by atoms with van der Waals surface area (Å²) >= 11 is 6.09. The van der Waals surface area contributed by atoms with Crippen LogP contribution in [0.3, 0.4) is 0 Å². The Morgan fingerprint density at radius 3 is 2.87 bits per heavy atom. The molecule has 1 N–H and O–H groups in total. The van der Waals surface area contributed by atoms with Crippen molar-refractivity contribution in [2.75, 3.05) is 6.79 Å². The fourth-order valence-electron chi connectivity index (χ4n) is 2.47. The van der Waals surface area contributed by atoms with Crippen molar-refractivity contribution >= 4 is 32.5 Å². The number of para-hydroxylation sites is 2. The molecule has 2 heterocycles. The van der Waals surface area contributed by atoms with Gasteiger partial charge in [-0.2, -0.15) is 0 Å². The fourth-order valence-corrected chi connectivity index (χ4v) is 4.00.